The van der Waals surface area contributed by atoms with Crippen LogP contribution < -0.4 is 14.2 Å². The lowest BCUT2D eigenvalue weighted by atomic mass is 10.0. The van der Waals surface area contributed by atoms with Crippen molar-refractivity contribution in [3.63, 3.8) is 0 Å². The van der Waals surface area contributed by atoms with E-state index >= 15 is 0 Å². The van der Waals surface area contributed by atoms with Crippen molar-refractivity contribution in [2.24, 2.45) is 7.05 Å². The Labute approximate surface area is 188 Å². The van der Waals surface area contributed by atoms with Gasteiger partial charge in [0, 0.05) is 34.1 Å². The van der Waals surface area contributed by atoms with Crippen molar-refractivity contribution in [3.8, 4) is 17.2 Å². The number of rotatable bonds is 4. The molecular weight excluding hydrogens is 454 g/mol. The molecule has 0 spiro atoms. The van der Waals surface area contributed by atoms with Crippen molar-refractivity contribution >= 4 is 48.5 Å². The van der Waals surface area contributed by atoms with Crippen LogP contribution in [0.2, 0.25) is 0 Å². The van der Waals surface area contributed by atoms with Crippen LogP contribution >= 0.6 is 15.9 Å². The molecule has 31 heavy (non-hydrogen) atoms. The third kappa shape index (κ3) is 2.95. The molecule has 1 aliphatic rings. The second-order valence-electron chi connectivity index (χ2n) is 7.84. The molecule has 0 amide bonds. The van der Waals surface area contributed by atoms with Gasteiger partial charge in [-0.15, -0.1) is 0 Å². The summed E-state index contributed by atoms with van der Waals surface area (Å²) >= 11 is 3.51. The number of hydrogen-bond acceptors (Lipinski definition) is 3. The standard InChI is InChI=1S/C26H20BrNO3/c1-28-22-5-3-2-4-19(22)21-10-18-11-23-24(31-15-30-23)12-20(18)26(25(21)28)29-14-17-8-6-16(13-27)7-9-17/h2-12H,13-15H2,1H3. The van der Waals surface area contributed by atoms with E-state index in [9.17, 15) is 0 Å². The Morgan fingerprint density at radius 2 is 1.61 bits per heavy atom. The lowest BCUT2D eigenvalue weighted by molar-refractivity contribution is 0.174. The van der Waals surface area contributed by atoms with Crippen LogP contribution in [0.4, 0.5) is 0 Å². The third-order valence-electron chi connectivity index (χ3n) is 6.01. The van der Waals surface area contributed by atoms with Crippen molar-refractivity contribution in [2.45, 2.75) is 11.9 Å². The van der Waals surface area contributed by atoms with Crippen LogP contribution in [0.1, 0.15) is 11.1 Å². The van der Waals surface area contributed by atoms with Gasteiger partial charge in [-0.1, -0.05) is 58.4 Å². The maximum Gasteiger partial charge on any atom is 0.231 e. The summed E-state index contributed by atoms with van der Waals surface area (Å²) in [5, 5.41) is 5.35. The molecule has 0 unspecified atom stereocenters. The number of ether oxygens (including phenoxy) is 3. The molecule has 1 aromatic heterocycles. The summed E-state index contributed by atoms with van der Waals surface area (Å²) in [5.41, 5.74) is 4.65. The van der Waals surface area contributed by atoms with Gasteiger partial charge in [-0.25, -0.2) is 0 Å². The van der Waals surface area contributed by atoms with E-state index in [-0.39, 0.29) is 6.79 Å². The topological polar surface area (TPSA) is 32.6 Å². The van der Waals surface area contributed by atoms with E-state index in [1.807, 2.05) is 6.07 Å². The van der Waals surface area contributed by atoms with Crippen LogP contribution in [0.15, 0.2) is 66.7 Å². The van der Waals surface area contributed by atoms with E-state index in [1.165, 1.54) is 21.9 Å². The fourth-order valence-corrected chi connectivity index (χ4v) is 4.80. The summed E-state index contributed by atoms with van der Waals surface area (Å²) in [6.45, 7) is 0.747. The average molecular weight is 474 g/mol. The monoisotopic (exact) mass is 473 g/mol. The molecular formula is C26H20BrNO3. The van der Waals surface area contributed by atoms with Gasteiger partial charge >= 0.3 is 0 Å². The highest BCUT2D eigenvalue weighted by atomic mass is 79.9. The molecule has 1 aliphatic heterocycles. The molecule has 6 rings (SSSR count). The summed E-state index contributed by atoms with van der Waals surface area (Å²) in [7, 11) is 2.10. The molecule has 0 bridgehead atoms. The zero-order valence-electron chi connectivity index (χ0n) is 17.0. The third-order valence-corrected chi connectivity index (χ3v) is 6.66. The number of fused-ring (bicyclic) bond motifs is 5. The van der Waals surface area contributed by atoms with Gasteiger partial charge in [-0.05, 0) is 40.8 Å². The normalized spacial score (nSPS) is 12.8. The Morgan fingerprint density at radius 3 is 2.42 bits per heavy atom. The maximum absolute atomic E-state index is 6.53. The number of hydrogen-bond donors (Lipinski definition) is 0. The van der Waals surface area contributed by atoms with Gasteiger partial charge in [0.2, 0.25) is 6.79 Å². The van der Waals surface area contributed by atoms with Crippen LogP contribution in [-0.4, -0.2) is 11.4 Å². The largest absolute Gasteiger partial charge is 0.486 e. The van der Waals surface area contributed by atoms with Crippen molar-refractivity contribution < 1.29 is 14.2 Å². The van der Waals surface area contributed by atoms with Gasteiger partial charge in [-0.3, -0.25) is 0 Å². The van der Waals surface area contributed by atoms with Gasteiger partial charge in [-0.2, -0.15) is 0 Å². The van der Waals surface area contributed by atoms with Crippen molar-refractivity contribution in [1.29, 1.82) is 0 Å². The molecule has 2 heterocycles. The molecule has 154 valence electrons. The van der Waals surface area contributed by atoms with Gasteiger partial charge in [0.15, 0.2) is 17.2 Å². The molecule has 0 atom stereocenters. The van der Waals surface area contributed by atoms with Gasteiger partial charge < -0.3 is 18.8 Å². The summed E-state index contributed by atoms with van der Waals surface area (Å²) in [5.74, 6) is 2.41. The summed E-state index contributed by atoms with van der Waals surface area (Å²) in [6, 6.07) is 23.3. The van der Waals surface area contributed by atoms with Crippen LogP contribution in [0, 0.1) is 0 Å². The highest BCUT2D eigenvalue weighted by Crippen LogP contribution is 2.45. The van der Waals surface area contributed by atoms with E-state index in [1.54, 1.807) is 0 Å². The van der Waals surface area contributed by atoms with Crippen LogP contribution in [0.5, 0.6) is 17.2 Å². The lowest BCUT2D eigenvalue weighted by Crippen LogP contribution is -1.99. The highest BCUT2D eigenvalue weighted by molar-refractivity contribution is 9.08. The second kappa shape index (κ2) is 7.20. The van der Waals surface area contributed by atoms with Crippen molar-refractivity contribution in [2.75, 3.05) is 6.79 Å². The Balaban J connectivity index is 1.57. The number of para-hydroxylation sites is 1. The SMILES string of the molecule is Cn1c2ccccc2c2cc3cc4c(cc3c(OCc3ccc(CBr)cc3)c21)OCO4. The number of alkyl halides is 1. The Morgan fingerprint density at radius 1 is 0.871 bits per heavy atom. The first-order chi connectivity index (χ1) is 15.2. The van der Waals surface area contributed by atoms with Gasteiger partial charge in [0.25, 0.3) is 0 Å². The molecule has 0 fully saturated rings. The molecule has 0 aliphatic carbocycles. The van der Waals surface area contributed by atoms with Crippen LogP contribution in [-0.2, 0) is 19.0 Å². The number of halogens is 1. The fraction of sp³-hybridized carbons (Fsp3) is 0.154. The maximum atomic E-state index is 6.53. The zero-order valence-corrected chi connectivity index (χ0v) is 18.6. The predicted molar refractivity (Wildman–Crippen MR) is 127 cm³/mol. The molecule has 0 radical (unpaired) electrons. The van der Waals surface area contributed by atoms with Crippen LogP contribution in [0.25, 0.3) is 32.6 Å². The van der Waals surface area contributed by atoms with Crippen molar-refractivity contribution in [1.82, 2.24) is 4.57 Å². The molecule has 4 nitrogen and oxygen atoms in total. The van der Waals surface area contributed by atoms with E-state index in [2.05, 4.69) is 88.2 Å². The summed E-state index contributed by atoms with van der Waals surface area (Å²) < 4.78 is 20.0. The molecule has 0 saturated heterocycles. The predicted octanol–water partition coefficient (Wildman–Crippen LogP) is 6.69. The summed E-state index contributed by atoms with van der Waals surface area (Å²) in [4.78, 5) is 0. The lowest BCUT2D eigenvalue weighted by Gasteiger charge is -2.14. The highest BCUT2D eigenvalue weighted by Gasteiger charge is 2.21. The molecule has 5 aromatic rings. The minimum atomic E-state index is 0.254. The number of aromatic nitrogens is 1. The molecule has 4 aromatic carbocycles. The minimum Gasteiger partial charge on any atom is -0.486 e. The van der Waals surface area contributed by atoms with Gasteiger partial charge in [0.1, 0.15) is 6.61 Å². The Kier molecular flexibility index (Phi) is 4.32. The fourth-order valence-electron chi connectivity index (χ4n) is 4.43. The van der Waals surface area contributed by atoms with E-state index in [4.69, 9.17) is 14.2 Å². The van der Waals surface area contributed by atoms with Crippen LogP contribution in [0.3, 0.4) is 0 Å². The molecule has 0 N–H and O–H groups in total. The number of nitrogens with zero attached hydrogens (tertiary/aromatic N) is 1. The first-order valence-electron chi connectivity index (χ1n) is 10.2. The summed E-state index contributed by atoms with van der Waals surface area (Å²) in [6.07, 6.45) is 0. The first-order valence-corrected chi connectivity index (χ1v) is 11.3. The molecule has 0 saturated carbocycles. The van der Waals surface area contributed by atoms with Crippen molar-refractivity contribution in [3.05, 3.63) is 77.9 Å². The molecule has 5 heteroatoms. The minimum absolute atomic E-state index is 0.254. The van der Waals surface area contributed by atoms with Gasteiger partial charge in [0.05, 0.1) is 5.52 Å². The smallest absolute Gasteiger partial charge is 0.231 e. The quantitative estimate of drug-likeness (QED) is 0.272. The Bertz CT molecular complexity index is 1450. The van der Waals surface area contributed by atoms with E-state index < -0.39 is 0 Å². The van der Waals surface area contributed by atoms with E-state index in [0.29, 0.717) is 6.61 Å². The zero-order chi connectivity index (χ0) is 20.9. The Hall–Kier alpha value is -3.18. The van der Waals surface area contributed by atoms with E-state index in [0.717, 1.165) is 44.4 Å². The number of benzene rings is 4. The number of aryl methyl sites for hydroxylation is 1. The first kappa shape index (κ1) is 18.6. The average Bonchev–Trinajstić information content (AvgIpc) is 3.38. The second-order valence-corrected chi connectivity index (χ2v) is 8.40.